The Labute approximate surface area is 133 Å². The van der Waals surface area contributed by atoms with Crippen molar-refractivity contribution in [3.63, 3.8) is 0 Å². The smallest absolute Gasteiger partial charge is 0.298 e. The molecule has 2 rings (SSSR count). The van der Waals surface area contributed by atoms with E-state index >= 15 is 0 Å². The number of hydrogen-bond donors (Lipinski definition) is 1. The standard InChI is InChI=1S/C12H20OS.CHF3O3S/c13-11-7-3-4-8-12(11)14-9-10-5-1-2-6-10;2-1(3,4)8(5,6)7/h10,12H,1-9H2;(H,5,6,7). The minimum Gasteiger partial charge on any atom is -0.298 e. The van der Waals surface area contributed by atoms with Crippen LogP contribution in [0.4, 0.5) is 13.2 Å². The van der Waals surface area contributed by atoms with Gasteiger partial charge in [-0.3, -0.25) is 9.35 Å². The van der Waals surface area contributed by atoms with Gasteiger partial charge in [0.15, 0.2) is 0 Å². The van der Waals surface area contributed by atoms with Gasteiger partial charge in [0, 0.05) is 6.42 Å². The molecular formula is C13H21F3O4S2. The second-order valence-corrected chi connectivity index (χ2v) is 8.25. The molecular weight excluding hydrogens is 341 g/mol. The van der Waals surface area contributed by atoms with Crippen LogP contribution in [0.5, 0.6) is 0 Å². The van der Waals surface area contributed by atoms with Crippen LogP contribution in [0.1, 0.15) is 51.4 Å². The second-order valence-electron chi connectivity index (χ2n) is 5.61. The van der Waals surface area contributed by atoms with Gasteiger partial charge in [0.1, 0.15) is 5.78 Å². The van der Waals surface area contributed by atoms with Gasteiger partial charge in [-0.2, -0.15) is 33.4 Å². The Kier molecular flexibility index (Phi) is 7.67. The number of halogens is 3. The second kappa shape index (κ2) is 8.54. The molecule has 2 aliphatic carbocycles. The molecule has 2 aliphatic rings. The lowest BCUT2D eigenvalue weighted by molar-refractivity contribution is -0.119. The van der Waals surface area contributed by atoms with E-state index in [1.807, 2.05) is 11.8 Å². The Balaban J connectivity index is 0.000000261. The molecule has 0 spiro atoms. The van der Waals surface area contributed by atoms with Gasteiger partial charge in [0.05, 0.1) is 5.25 Å². The van der Waals surface area contributed by atoms with E-state index in [0.717, 1.165) is 25.2 Å². The summed E-state index contributed by atoms with van der Waals surface area (Å²) in [5, 5.41) is 0.365. The van der Waals surface area contributed by atoms with E-state index in [1.165, 1.54) is 37.9 Å². The van der Waals surface area contributed by atoms with E-state index < -0.39 is 15.6 Å². The predicted octanol–water partition coefficient (Wildman–Crippen LogP) is 3.82. The fourth-order valence-electron chi connectivity index (χ4n) is 2.56. The summed E-state index contributed by atoms with van der Waals surface area (Å²) >= 11 is 1.95. The average Bonchev–Trinajstić information content (AvgIpc) is 2.89. The van der Waals surface area contributed by atoms with Crippen molar-refractivity contribution in [2.75, 3.05) is 5.75 Å². The van der Waals surface area contributed by atoms with Gasteiger partial charge in [-0.05, 0) is 37.4 Å². The van der Waals surface area contributed by atoms with Crippen molar-refractivity contribution in [2.24, 2.45) is 5.92 Å². The summed E-state index contributed by atoms with van der Waals surface area (Å²) in [6.07, 6.45) is 10.1. The molecule has 1 atom stereocenters. The summed E-state index contributed by atoms with van der Waals surface area (Å²) in [4.78, 5) is 11.6. The van der Waals surface area contributed by atoms with E-state index in [2.05, 4.69) is 0 Å². The molecule has 0 aromatic rings. The van der Waals surface area contributed by atoms with Crippen LogP contribution in [0.15, 0.2) is 0 Å². The maximum absolute atomic E-state index is 11.6. The zero-order chi connectivity index (χ0) is 16.8. The SMILES string of the molecule is O=C1CCCCC1SCC1CCCC1.O=S(=O)(O)C(F)(F)F. The molecule has 1 unspecified atom stereocenters. The van der Waals surface area contributed by atoms with Crippen molar-refractivity contribution in [1.82, 2.24) is 0 Å². The van der Waals surface area contributed by atoms with Gasteiger partial charge >= 0.3 is 15.6 Å². The zero-order valence-corrected chi connectivity index (χ0v) is 13.8. The lowest BCUT2D eigenvalue weighted by Crippen LogP contribution is -2.22. The van der Waals surface area contributed by atoms with E-state index in [9.17, 15) is 18.0 Å². The van der Waals surface area contributed by atoms with Crippen molar-refractivity contribution < 1.29 is 30.9 Å². The topological polar surface area (TPSA) is 71.4 Å². The third-order valence-corrected chi connectivity index (χ3v) is 5.95. The summed E-state index contributed by atoms with van der Waals surface area (Å²) in [5.41, 5.74) is -5.53. The molecule has 2 fully saturated rings. The molecule has 0 radical (unpaired) electrons. The van der Waals surface area contributed by atoms with Gasteiger partial charge in [0.2, 0.25) is 0 Å². The lowest BCUT2D eigenvalue weighted by atomic mass is 9.99. The van der Waals surface area contributed by atoms with E-state index in [1.54, 1.807) is 0 Å². The van der Waals surface area contributed by atoms with Crippen molar-refractivity contribution in [1.29, 1.82) is 0 Å². The highest BCUT2D eigenvalue weighted by Crippen LogP contribution is 2.32. The number of carbonyl (C=O) groups excluding carboxylic acids is 1. The first-order valence-electron chi connectivity index (χ1n) is 7.29. The maximum atomic E-state index is 11.6. The molecule has 2 saturated carbocycles. The summed E-state index contributed by atoms with van der Waals surface area (Å²) in [7, 11) is -5.84. The summed E-state index contributed by atoms with van der Waals surface area (Å²) in [6.45, 7) is 0. The lowest BCUT2D eigenvalue weighted by Gasteiger charge is -2.21. The highest BCUT2D eigenvalue weighted by molar-refractivity contribution is 8.00. The summed E-state index contributed by atoms with van der Waals surface area (Å²) in [5.74, 6) is 2.70. The van der Waals surface area contributed by atoms with Crippen LogP contribution in [0.2, 0.25) is 0 Å². The molecule has 0 amide bonds. The Morgan fingerprint density at radius 2 is 1.59 bits per heavy atom. The van der Waals surface area contributed by atoms with Crippen LogP contribution < -0.4 is 0 Å². The first kappa shape index (κ1) is 19.8. The van der Waals surface area contributed by atoms with Crippen LogP contribution >= 0.6 is 11.8 Å². The number of thioether (sulfide) groups is 1. The van der Waals surface area contributed by atoms with Crippen LogP contribution in [-0.4, -0.2) is 35.3 Å². The summed E-state index contributed by atoms with van der Waals surface area (Å²) < 4.78 is 57.5. The number of hydrogen-bond acceptors (Lipinski definition) is 4. The highest BCUT2D eigenvalue weighted by atomic mass is 32.2. The van der Waals surface area contributed by atoms with Crippen LogP contribution in [0.25, 0.3) is 0 Å². The summed E-state index contributed by atoms with van der Waals surface area (Å²) in [6, 6.07) is 0. The normalized spacial score (nSPS) is 24.0. The molecule has 0 aromatic heterocycles. The molecule has 0 heterocycles. The highest BCUT2D eigenvalue weighted by Gasteiger charge is 2.44. The minimum atomic E-state index is -5.84. The number of alkyl halides is 3. The zero-order valence-electron chi connectivity index (χ0n) is 12.1. The predicted molar refractivity (Wildman–Crippen MR) is 79.3 cm³/mol. The molecule has 22 heavy (non-hydrogen) atoms. The molecule has 4 nitrogen and oxygen atoms in total. The Morgan fingerprint density at radius 1 is 1.09 bits per heavy atom. The number of rotatable bonds is 3. The third-order valence-electron chi connectivity index (χ3n) is 3.80. The third kappa shape index (κ3) is 6.87. The monoisotopic (exact) mass is 362 g/mol. The Bertz CT molecular complexity index is 456. The van der Waals surface area contributed by atoms with Gasteiger partial charge < -0.3 is 0 Å². The molecule has 0 bridgehead atoms. The fourth-order valence-corrected chi connectivity index (χ4v) is 4.03. The van der Waals surface area contributed by atoms with Crippen LogP contribution in [0.3, 0.4) is 0 Å². The molecule has 0 saturated heterocycles. The number of Topliss-reactive ketones (excluding diaryl/α,β-unsaturated/α-hetero) is 1. The van der Waals surface area contributed by atoms with Gasteiger partial charge in [-0.15, -0.1) is 0 Å². The average molecular weight is 362 g/mol. The minimum absolute atomic E-state index is 0.365. The van der Waals surface area contributed by atoms with E-state index in [0.29, 0.717) is 11.0 Å². The van der Waals surface area contributed by atoms with Crippen molar-refractivity contribution >= 4 is 27.7 Å². The van der Waals surface area contributed by atoms with Crippen LogP contribution in [0, 0.1) is 5.92 Å². The number of ketones is 1. The van der Waals surface area contributed by atoms with Crippen molar-refractivity contribution in [2.45, 2.75) is 62.1 Å². The fraction of sp³-hybridized carbons (Fsp3) is 0.923. The molecule has 130 valence electrons. The van der Waals surface area contributed by atoms with E-state index in [-0.39, 0.29) is 0 Å². The maximum Gasteiger partial charge on any atom is 0.522 e. The number of carbonyl (C=O) groups is 1. The van der Waals surface area contributed by atoms with E-state index in [4.69, 9.17) is 13.0 Å². The quantitative estimate of drug-likeness (QED) is 0.610. The largest absolute Gasteiger partial charge is 0.522 e. The van der Waals surface area contributed by atoms with Gasteiger partial charge in [0.25, 0.3) is 0 Å². The molecule has 0 aliphatic heterocycles. The Morgan fingerprint density at radius 3 is 2.05 bits per heavy atom. The molecule has 1 N–H and O–H groups in total. The first-order chi connectivity index (χ1) is 10.1. The van der Waals surface area contributed by atoms with Gasteiger partial charge in [-0.1, -0.05) is 19.3 Å². The van der Waals surface area contributed by atoms with Crippen LogP contribution in [-0.2, 0) is 14.9 Å². The first-order valence-corrected chi connectivity index (χ1v) is 9.78. The Hall–Kier alpha value is -0.280. The van der Waals surface area contributed by atoms with Crippen molar-refractivity contribution in [3.8, 4) is 0 Å². The molecule has 0 aromatic carbocycles. The molecule has 9 heteroatoms. The van der Waals surface area contributed by atoms with Crippen molar-refractivity contribution in [3.05, 3.63) is 0 Å². The van der Waals surface area contributed by atoms with Gasteiger partial charge in [-0.25, -0.2) is 0 Å².